The van der Waals surface area contributed by atoms with Crippen LogP contribution in [0.25, 0.3) is 12.2 Å². The number of nitrogens with one attached hydrogen (secondary N) is 1. The summed E-state index contributed by atoms with van der Waals surface area (Å²) in [6.45, 7) is 1.69. The Kier molecular flexibility index (Phi) is 11.0. The van der Waals surface area contributed by atoms with Crippen LogP contribution in [-0.4, -0.2) is 52.9 Å². The second kappa shape index (κ2) is 16.4. The SMILES string of the molecule is COc1ccc(OC)c(C=Cc2ccc(N3C(=O)[C@H]4[C@H](CC=C5[C@H]4C[C@H]4C(=O)N(Nc6ncc(C(F)(F)F)cc6Cl)C(=O)[C@@]4(c4ccc(Cl)cc4)[C@H]5c4ccc(O)c(C)c4)C3=O)cc2)c1. The zero-order valence-electron chi connectivity index (χ0n) is 34.9. The molecule has 4 aromatic carbocycles. The number of aromatic nitrogens is 1. The van der Waals surface area contributed by atoms with E-state index in [0.29, 0.717) is 56.7 Å². The van der Waals surface area contributed by atoms with Crippen molar-refractivity contribution in [2.24, 2.45) is 23.7 Å². The maximum atomic E-state index is 15.4. The van der Waals surface area contributed by atoms with Crippen molar-refractivity contribution < 1.29 is 46.9 Å². The topological polar surface area (TPSA) is 138 Å². The molecule has 16 heteroatoms. The molecule has 3 heterocycles. The maximum absolute atomic E-state index is 15.4. The number of methoxy groups -OCH3 is 2. The highest BCUT2D eigenvalue weighted by atomic mass is 35.5. The first kappa shape index (κ1) is 43.6. The molecular formula is C49H39Cl2F3N4O7. The second-order valence-electron chi connectivity index (χ2n) is 16.5. The molecule has 11 nitrogen and oxygen atoms in total. The molecule has 5 aromatic rings. The van der Waals surface area contributed by atoms with Crippen molar-refractivity contribution in [2.75, 3.05) is 24.5 Å². The highest BCUT2D eigenvalue weighted by Crippen LogP contribution is 2.64. The van der Waals surface area contributed by atoms with E-state index in [1.54, 1.807) is 93.9 Å². The van der Waals surface area contributed by atoms with E-state index in [2.05, 4.69) is 10.4 Å². The van der Waals surface area contributed by atoms with Crippen molar-refractivity contribution in [3.63, 3.8) is 0 Å². The average molecular weight is 924 g/mol. The third-order valence-electron chi connectivity index (χ3n) is 13.2. The molecule has 332 valence electrons. The molecule has 0 bridgehead atoms. The number of ether oxygens (including phenoxy) is 2. The lowest BCUT2D eigenvalue weighted by Crippen LogP contribution is -2.53. The molecule has 2 aliphatic heterocycles. The normalized spacial score (nSPS) is 23.9. The van der Waals surface area contributed by atoms with Crippen molar-refractivity contribution in [3.05, 3.63) is 152 Å². The lowest BCUT2D eigenvalue weighted by Gasteiger charge is -2.50. The Morgan fingerprint density at radius 1 is 0.862 bits per heavy atom. The Bertz CT molecular complexity index is 2850. The molecule has 65 heavy (non-hydrogen) atoms. The number of carbonyl (C=O) groups is 4. The van der Waals surface area contributed by atoms with Gasteiger partial charge in [0.05, 0.1) is 53.7 Å². The van der Waals surface area contributed by atoms with E-state index >= 15 is 9.59 Å². The smallest absolute Gasteiger partial charge is 0.417 e. The van der Waals surface area contributed by atoms with Gasteiger partial charge < -0.3 is 14.6 Å². The molecule has 6 atom stereocenters. The van der Waals surface area contributed by atoms with Gasteiger partial charge in [-0.15, -0.1) is 0 Å². The molecule has 9 rings (SSSR count). The zero-order valence-corrected chi connectivity index (χ0v) is 36.4. The van der Waals surface area contributed by atoms with Crippen LogP contribution in [0.2, 0.25) is 10.0 Å². The summed E-state index contributed by atoms with van der Waals surface area (Å²) in [6, 6.07) is 24.4. The van der Waals surface area contributed by atoms with Crippen LogP contribution in [0.4, 0.5) is 24.7 Å². The highest BCUT2D eigenvalue weighted by Gasteiger charge is 2.70. The van der Waals surface area contributed by atoms with E-state index < -0.39 is 75.4 Å². The van der Waals surface area contributed by atoms with E-state index in [1.807, 2.05) is 24.3 Å². The second-order valence-corrected chi connectivity index (χ2v) is 17.4. The first-order valence-corrected chi connectivity index (χ1v) is 21.3. The van der Waals surface area contributed by atoms with Gasteiger partial charge in [-0.25, -0.2) is 4.98 Å². The van der Waals surface area contributed by atoms with Gasteiger partial charge in [0, 0.05) is 22.7 Å². The third kappa shape index (κ3) is 7.19. The molecule has 0 radical (unpaired) electrons. The lowest BCUT2D eigenvalue weighted by molar-refractivity contribution is -0.139. The number of nitrogens with zero attached hydrogens (tertiary/aromatic N) is 3. The standard InChI is InChI=1S/C49H39Cl2F3N4O7/c1-25-20-28(8-18-39(25)59)42-34-16-17-35-41(46(62)57(44(35)60)32-13-5-26(6-14-32)4-7-27-21-33(64-2)15-19-40(27)65-3)36(34)23-37-45(61)58(47(63)48(37,42)29-9-11-31(50)12-10-29)56-43-38(51)22-30(24-55-43)49(52,53)54/h4-16,18-22,24,35-37,41-42,59H,17,23H2,1-3H3,(H,55,56)/t35-,36+,37-,41-,42-,48+/m0/s1. The van der Waals surface area contributed by atoms with Gasteiger partial charge in [0.2, 0.25) is 11.8 Å². The van der Waals surface area contributed by atoms with Crippen molar-refractivity contribution in [1.82, 2.24) is 9.99 Å². The van der Waals surface area contributed by atoms with Crippen molar-refractivity contribution >= 4 is 70.5 Å². The Morgan fingerprint density at radius 3 is 2.26 bits per heavy atom. The molecule has 1 saturated carbocycles. The number of amides is 4. The number of anilines is 2. The minimum atomic E-state index is -4.76. The summed E-state index contributed by atoms with van der Waals surface area (Å²) in [6.07, 6.45) is 1.51. The zero-order chi connectivity index (χ0) is 46.1. The minimum Gasteiger partial charge on any atom is -0.508 e. The van der Waals surface area contributed by atoms with Gasteiger partial charge >= 0.3 is 6.18 Å². The van der Waals surface area contributed by atoms with Gasteiger partial charge in [0.25, 0.3) is 11.8 Å². The first-order chi connectivity index (χ1) is 31.1. The number of halogens is 5. The molecule has 0 spiro atoms. The number of hydrazine groups is 1. The summed E-state index contributed by atoms with van der Waals surface area (Å²) in [5.74, 6) is -5.97. The Balaban J connectivity index is 1.11. The van der Waals surface area contributed by atoms with Crippen molar-refractivity contribution in [2.45, 2.75) is 37.3 Å². The van der Waals surface area contributed by atoms with E-state index in [0.717, 1.165) is 16.1 Å². The predicted octanol–water partition coefficient (Wildman–Crippen LogP) is 9.80. The number of fused-ring (bicyclic) bond motifs is 4. The summed E-state index contributed by atoms with van der Waals surface area (Å²) >= 11 is 12.7. The summed E-state index contributed by atoms with van der Waals surface area (Å²) in [7, 11) is 3.15. The van der Waals surface area contributed by atoms with Gasteiger partial charge in [-0.1, -0.05) is 83.4 Å². The van der Waals surface area contributed by atoms with Crippen LogP contribution in [0.15, 0.2) is 109 Å². The van der Waals surface area contributed by atoms with Crippen molar-refractivity contribution in [1.29, 1.82) is 0 Å². The van der Waals surface area contributed by atoms with Crippen LogP contribution in [0.5, 0.6) is 17.2 Å². The number of hydrogen-bond acceptors (Lipinski definition) is 9. The van der Waals surface area contributed by atoms with Crippen molar-refractivity contribution in [3.8, 4) is 17.2 Å². The van der Waals surface area contributed by atoms with Crippen LogP contribution in [0.1, 0.15) is 52.1 Å². The number of aryl methyl sites for hydroxylation is 1. The number of alkyl halides is 3. The Morgan fingerprint density at radius 2 is 1.60 bits per heavy atom. The van der Waals surface area contributed by atoms with Crippen LogP contribution >= 0.6 is 23.2 Å². The predicted molar refractivity (Wildman–Crippen MR) is 237 cm³/mol. The number of benzene rings is 4. The molecule has 1 aromatic heterocycles. The van der Waals surface area contributed by atoms with E-state index in [1.165, 1.54) is 11.0 Å². The van der Waals surface area contributed by atoms with Crippen LogP contribution in [-0.2, 0) is 30.8 Å². The molecule has 4 amide bonds. The molecule has 4 aliphatic rings. The summed E-state index contributed by atoms with van der Waals surface area (Å²) in [5.41, 5.74) is 3.81. The molecule has 2 saturated heterocycles. The number of hydrogen-bond donors (Lipinski definition) is 2. The number of phenols is 1. The summed E-state index contributed by atoms with van der Waals surface area (Å²) in [4.78, 5) is 64.7. The van der Waals surface area contributed by atoms with Gasteiger partial charge in [-0.2, -0.15) is 18.2 Å². The Labute approximate surface area is 381 Å². The summed E-state index contributed by atoms with van der Waals surface area (Å²) < 4.78 is 51.6. The minimum absolute atomic E-state index is 0.00947. The van der Waals surface area contributed by atoms with E-state index in [9.17, 15) is 27.9 Å². The Hall–Kier alpha value is -6.64. The van der Waals surface area contributed by atoms with Gasteiger partial charge in [0.15, 0.2) is 5.82 Å². The quantitative estimate of drug-likeness (QED) is 0.0841. The number of carbonyl (C=O) groups excluding carboxylic acids is 4. The largest absolute Gasteiger partial charge is 0.508 e. The average Bonchev–Trinajstić information content (AvgIpc) is 3.67. The number of imide groups is 2. The monoisotopic (exact) mass is 922 g/mol. The number of rotatable bonds is 9. The number of pyridine rings is 1. The maximum Gasteiger partial charge on any atom is 0.417 e. The summed E-state index contributed by atoms with van der Waals surface area (Å²) in [5, 5.41) is 11.3. The third-order valence-corrected chi connectivity index (χ3v) is 13.7. The molecular weight excluding hydrogens is 884 g/mol. The van der Waals surface area contributed by atoms with Gasteiger partial charge in [-0.3, -0.25) is 29.5 Å². The van der Waals surface area contributed by atoms with Crippen LogP contribution in [0.3, 0.4) is 0 Å². The number of aromatic hydroxyl groups is 1. The molecule has 3 fully saturated rings. The fraction of sp³-hybridized carbons (Fsp3) is 0.245. The highest BCUT2D eigenvalue weighted by molar-refractivity contribution is 6.33. The lowest BCUT2D eigenvalue weighted by atomic mass is 9.49. The van der Waals surface area contributed by atoms with E-state index in [-0.39, 0.29) is 24.4 Å². The molecule has 0 unspecified atom stereocenters. The molecule has 2 N–H and O–H groups in total. The van der Waals surface area contributed by atoms with Crippen LogP contribution in [0, 0.1) is 30.6 Å². The first-order valence-electron chi connectivity index (χ1n) is 20.6. The van der Waals surface area contributed by atoms with Gasteiger partial charge in [0.1, 0.15) is 17.2 Å². The van der Waals surface area contributed by atoms with E-state index in [4.69, 9.17) is 32.7 Å². The fourth-order valence-corrected chi connectivity index (χ4v) is 10.5. The fourth-order valence-electron chi connectivity index (χ4n) is 10.2. The van der Waals surface area contributed by atoms with Gasteiger partial charge in [-0.05, 0) is 103 Å². The number of phenolic OH excluding ortho intramolecular Hbond substituents is 1. The van der Waals surface area contributed by atoms with Crippen LogP contribution < -0.4 is 19.8 Å². The molecule has 2 aliphatic carbocycles. The number of allylic oxidation sites excluding steroid dienone is 2.